The van der Waals surface area contributed by atoms with E-state index < -0.39 is 6.17 Å². The number of Topliss-reactive ketones (excluding diaryl/α,β-unsaturated/α-hetero) is 1. The van der Waals surface area contributed by atoms with Gasteiger partial charge in [0.05, 0.1) is 12.8 Å². The molecule has 5 rings (SSSR count). The molecule has 1 fully saturated rings. The van der Waals surface area contributed by atoms with Crippen LogP contribution < -0.4 is 4.74 Å². The van der Waals surface area contributed by atoms with E-state index in [-0.39, 0.29) is 17.6 Å². The number of ketones is 1. The fourth-order valence-electron chi connectivity index (χ4n) is 5.58. The van der Waals surface area contributed by atoms with E-state index in [9.17, 15) is 9.18 Å². The van der Waals surface area contributed by atoms with E-state index in [4.69, 9.17) is 9.73 Å². The highest BCUT2D eigenvalue weighted by atomic mass is 19.1. The molecule has 2 heterocycles. The van der Waals surface area contributed by atoms with Crippen LogP contribution in [-0.2, 0) is 4.79 Å². The van der Waals surface area contributed by atoms with Gasteiger partial charge in [-0.25, -0.2) is 4.39 Å². The molecule has 0 aromatic heterocycles. The summed E-state index contributed by atoms with van der Waals surface area (Å²) in [5, 5.41) is 0. The Morgan fingerprint density at radius 1 is 1.14 bits per heavy atom. The lowest BCUT2D eigenvalue weighted by molar-refractivity contribution is -0.123. The van der Waals surface area contributed by atoms with Gasteiger partial charge in [0.1, 0.15) is 17.7 Å². The summed E-state index contributed by atoms with van der Waals surface area (Å²) < 4.78 is 19.2. The van der Waals surface area contributed by atoms with E-state index in [1.807, 2.05) is 36.4 Å². The monoisotopic (exact) mass is 498 g/mol. The molecular weight excluding hydrogens is 463 g/mol. The van der Waals surface area contributed by atoms with Crippen LogP contribution in [0.25, 0.3) is 5.70 Å². The molecule has 4 nitrogen and oxygen atoms in total. The summed E-state index contributed by atoms with van der Waals surface area (Å²) in [5.41, 5.74) is 5.13. The highest BCUT2D eigenvalue weighted by Gasteiger charge is 2.31. The van der Waals surface area contributed by atoms with Crippen molar-refractivity contribution in [2.75, 3.05) is 20.2 Å². The number of allylic oxidation sites excluding steroid dienone is 10. The predicted molar refractivity (Wildman–Crippen MR) is 148 cm³/mol. The van der Waals surface area contributed by atoms with Gasteiger partial charge in [-0.05, 0) is 43.0 Å². The third-order valence-corrected chi connectivity index (χ3v) is 7.74. The molecule has 0 saturated carbocycles. The Hall–Kier alpha value is -3.47. The van der Waals surface area contributed by atoms with Gasteiger partial charge in [-0.15, -0.1) is 0 Å². The number of nitrogens with zero attached hydrogens (tertiary/aromatic N) is 2. The molecular formula is C32H35FN2O2. The van der Waals surface area contributed by atoms with E-state index in [0.29, 0.717) is 12.8 Å². The Labute approximate surface area is 219 Å². The van der Waals surface area contributed by atoms with Crippen LogP contribution in [0.15, 0.2) is 95.2 Å². The van der Waals surface area contributed by atoms with Crippen molar-refractivity contribution < 1.29 is 13.9 Å². The molecule has 37 heavy (non-hydrogen) atoms. The van der Waals surface area contributed by atoms with Gasteiger partial charge in [0.2, 0.25) is 0 Å². The summed E-state index contributed by atoms with van der Waals surface area (Å²) >= 11 is 0. The van der Waals surface area contributed by atoms with Crippen molar-refractivity contribution in [3.05, 3.63) is 95.8 Å². The molecule has 1 saturated heterocycles. The summed E-state index contributed by atoms with van der Waals surface area (Å²) in [5.74, 6) is 1.11. The number of ether oxygens (including phenoxy) is 1. The topological polar surface area (TPSA) is 41.9 Å². The molecule has 1 aromatic carbocycles. The Morgan fingerprint density at radius 3 is 2.78 bits per heavy atom. The van der Waals surface area contributed by atoms with Crippen molar-refractivity contribution in [2.24, 2.45) is 16.8 Å². The van der Waals surface area contributed by atoms with E-state index in [1.54, 1.807) is 13.2 Å². The largest absolute Gasteiger partial charge is 0.497 e. The van der Waals surface area contributed by atoms with Gasteiger partial charge in [-0.3, -0.25) is 9.79 Å². The molecule has 192 valence electrons. The number of hydrogen-bond donors (Lipinski definition) is 0. The van der Waals surface area contributed by atoms with E-state index in [0.717, 1.165) is 67.1 Å². The maximum absolute atomic E-state index is 13.8. The number of halogens is 1. The Balaban J connectivity index is 1.31. The molecule has 5 heteroatoms. The molecule has 0 N–H and O–H groups in total. The molecule has 0 amide bonds. The van der Waals surface area contributed by atoms with Gasteiger partial charge in [-0.2, -0.15) is 0 Å². The quantitative estimate of drug-likeness (QED) is 0.416. The highest BCUT2D eigenvalue weighted by Crippen LogP contribution is 2.34. The standard InChI is InChI=1S/C32H35FN2O2/c1-37-28-10-6-7-25(21-28)30-16-15-29(23-11-13-26(33)14-12-23)31(34-30)22-32(36)24-17-19-35(20-18-24)27-8-4-2-3-5-9-27/h2-8,10-13,16,21,24,26,29H,9,14-15,17-20,22H2,1H3. The van der Waals surface area contributed by atoms with E-state index >= 15 is 0 Å². The molecule has 2 aliphatic heterocycles. The summed E-state index contributed by atoms with van der Waals surface area (Å²) in [6.07, 6.45) is 21.4. The van der Waals surface area contributed by atoms with Gasteiger partial charge in [-0.1, -0.05) is 60.7 Å². The van der Waals surface area contributed by atoms with Crippen LogP contribution in [0, 0.1) is 11.8 Å². The second kappa shape index (κ2) is 11.7. The van der Waals surface area contributed by atoms with Gasteiger partial charge in [0.25, 0.3) is 0 Å². The van der Waals surface area contributed by atoms with Gasteiger partial charge < -0.3 is 9.64 Å². The molecule has 0 bridgehead atoms. The number of piperidine rings is 1. The van der Waals surface area contributed by atoms with Crippen molar-refractivity contribution in [1.82, 2.24) is 4.90 Å². The number of carbonyl (C=O) groups is 1. The summed E-state index contributed by atoms with van der Waals surface area (Å²) in [7, 11) is 1.66. The smallest absolute Gasteiger partial charge is 0.141 e. The number of likely N-dealkylation sites (tertiary alicyclic amines) is 1. The first-order chi connectivity index (χ1) is 18.1. The molecule has 2 aliphatic carbocycles. The average Bonchev–Trinajstić information content (AvgIpc) is 3.23. The Morgan fingerprint density at radius 2 is 2.00 bits per heavy atom. The zero-order valence-electron chi connectivity index (χ0n) is 21.5. The minimum atomic E-state index is -0.933. The van der Waals surface area contributed by atoms with Crippen LogP contribution in [0.1, 0.15) is 44.1 Å². The zero-order chi connectivity index (χ0) is 25.6. The Bertz CT molecular complexity index is 1220. The molecule has 1 aromatic rings. The van der Waals surface area contributed by atoms with Crippen LogP contribution >= 0.6 is 0 Å². The normalized spacial score (nSPS) is 24.1. The number of methoxy groups -OCH3 is 1. The number of benzene rings is 1. The van der Waals surface area contributed by atoms with Crippen LogP contribution in [-0.4, -0.2) is 42.8 Å². The first kappa shape index (κ1) is 25.2. The van der Waals surface area contributed by atoms with Crippen molar-refractivity contribution in [3.63, 3.8) is 0 Å². The van der Waals surface area contributed by atoms with Crippen LogP contribution in [0.4, 0.5) is 4.39 Å². The first-order valence-corrected chi connectivity index (χ1v) is 13.3. The van der Waals surface area contributed by atoms with Crippen LogP contribution in [0.3, 0.4) is 0 Å². The molecule has 0 radical (unpaired) electrons. The highest BCUT2D eigenvalue weighted by molar-refractivity contribution is 6.07. The second-order valence-corrected chi connectivity index (χ2v) is 10.1. The van der Waals surface area contributed by atoms with Crippen LogP contribution in [0.2, 0.25) is 0 Å². The summed E-state index contributed by atoms with van der Waals surface area (Å²) in [6.45, 7) is 1.81. The number of hydrogen-bond acceptors (Lipinski definition) is 4. The lowest BCUT2D eigenvalue weighted by atomic mass is 9.81. The lowest BCUT2D eigenvalue weighted by Gasteiger charge is -2.35. The molecule has 2 atom stereocenters. The first-order valence-electron chi connectivity index (χ1n) is 13.3. The third-order valence-electron chi connectivity index (χ3n) is 7.74. The molecule has 4 aliphatic rings. The Kier molecular flexibility index (Phi) is 7.98. The molecule has 0 spiro atoms. The van der Waals surface area contributed by atoms with Crippen molar-refractivity contribution >= 4 is 17.2 Å². The number of aliphatic imine (C=N–C) groups is 1. The van der Waals surface area contributed by atoms with Gasteiger partial charge in [0, 0.05) is 61.2 Å². The minimum Gasteiger partial charge on any atom is -0.497 e. The van der Waals surface area contributed by atoms with E-state index in [2.05, 4.69) is 41.4 Å². The predicted octanol–water partition coefficient (Wildman–Crippen LogP) is 6.79. The lowest BCUT2D eigenvalue weighted by Crippen LogP contribution is -2.36. The van der Waals surface area contributed by atoms with Crippen molar-refractivity contribution in [1.29, 1.82) is 0 Å². The fraction of sp³-hybridized carbons (Fsp3) is 0.375. The fourth-order valence-corrected chi connectivity index (χ4v) is 5.58. The maximum Gasteiger partial charge on any atom is 0.141 e. The molecule has 2 unspecified atom stereocenters. The average molecular weight is 499 g/mol. The SMILES string of the molecule is COc1cccc(C2=CCC(C3=CCC(F)C=C3)C(CC(=O)C3CCN(C4=CC=CC=CC4)CC3)=N2)c1. The number of carbonyl (C=O) groups excluding carboxylic acids is 1. The van der Waals surface area contributed by atoms with Crippen LogP contribution in [0.5, 0.6) is 5.75 Å². The minimum absolute atomic E-state index is 0.0110. The zero-order valence-corrected chi connectivity index (χ0v) is 21.5. The third kappa shape index (κ3) is 6.10. The number of rotatable bonds is 7. The summed E-state index contributed by atoms with van der Waals surface area (Å²) in [6, 6.07) is 7.87. The summed E-state index contributed by atoms with van der Waals surface area (Å²) in [4.78, 5) is 21.0. The van der Waals surface area contributed by atoms with Crippen molar-refractivity contribution in [2.45, 2.75) is 44.7 Å². The van der Waals surface area contributed by atoms with Gasteiger partial charge >= 0.3 is 0 Å². The maximum atomic E-state index is 13.8. The van der Waals surface area contributed by atoms with Crippen molar-refractivity contribution in [3.8, 4) is 5.75 Å². The van der Waals surface area contributed by atoms with Gasteiger partial charge in [0.15, 0.2) is 0 Å². The second-order valence-electron chi connectivity index (χ2n) is 10.1. The number of alkyl halides is 1. The van der Waals surface area contributed by atoms with E-state index in [1.165, 1.54) is 5.70 Å².